The summed E-state index contributed by atoms with van der Waals surface area (Å²) in [5.74, 6) is -0.228. The zero-order chi connectivity index (χ0) is 16.5. The number of halogens is 1. The zero-order valence-corrected chi connectivity index (χ0v) is 13.4. The normalized spacial score (nSPS) is 11.6. The Labute approximate surface area is 138 Å². The van der Waals surface area contributed by atoms with Crippen LogP contribution >= 0.6 is 0 Å². The molecule has 4 rings (SSSR count). The van der Waals surface area contributed by atoms with Crippen LogP contribution < -0.4 is 0 Å². The highest BCUT2D eigenvalue weighted by Crippen LogP contribution is 2.29. The van der Waals surface area contributed by atoms with Gasteiger partial charge in [-0.2, -0.15) is 5.10 Å². The fourth-order valence-corrected chi connectivity index (χ4v) is 3.18. The van der Waals surface area contributed by atoms with Gasteiger partial charge in [0.05, 0.1) is 17.2 Å². The number of fused-ring (bicyclic) bond motifs is 2. The average molecular weight is 323 g/mol. The molecule has 0 aliphatic carbocycles. The SMILES string of the molecule is COCCCc1cc2cc3[nH]ncc3cc2n1-c1ccc(F)cc1. The maximum absolute atomic E-state index is 13.3. The number of nitrogens with zero attached hydrogens (tertiary/aromatic N) is 2. The van der Waals surface area contributed by atoms with Crippen LogP contribution in [0.4, 0.5) is 4.39 Å². The van der Waals surface area contributed by atoms with Crippen molar-refractivity contribution < 1.29 is 9.13 Å². The number of methoxy groups -OCH3 is 1. The van der Waals surface area contributed by atoms with Gasteiger partial charge in [0.1, 0.15) is 5.82 Å². The number of benzene rings is 2. The van der Waals surface area contributed by atoms with Crippen LogP contribution in [0.1, 0.15) is 12.1 Å². The number of hydrogen-bond donors (Lipinski definition) is 1. The van der Waals surface area contributed by atoms with Gasteiger partial charge in [0.15, 0.2) is 0 Å². The molecule has 4 aromatic rings. The minimum absolute atomic E-state index is 0.228. The number of aromatic amines is 1. The fraction of sp³-hybridized carbons (Fsp3) is 0.211. The first kappa shape index (κ1) is 14.9. The highest BCUT2D eigenvalue weighted by molar-refractivity contribution is 5.96. The number of H-pyrrole nitrogens is 1. The maximum atomic E-state index is 13.3. The Kier molecular flexibility index (Phi) is 3.78. The predicted molar refractivity (Wildman–Crippen MR) is 93.1 cm³/mol. The first-order valence-corrected chi connectivity index (χ1v) is 7.98. The minimum atomic E-state index is -0.228. The van der Waals surface area contributed by atoms with Crippen molar-refractivity contribution in [1.82, 2.24) is 14.8 Å². The predicted octanol–water partition coefficient (Wildman–Crippen LogP) is 4.22. The van der Waals surface area contributed by atoms with Crippen molar-refractivity contribution in [2.24, 2.45) is 0 Å². The van der Waals surface area contributed by atoms with Crippen LogP contribution in [-0.2, 0) is 11.2 Å². The van der Waals surface area contributed by atoms with E-state index in [1.807, 2.05) is 18.3 Å². The Morgan fingerprint density at radius 3 is 2.75 bits per heavy atom. The van der Waals surface area contributed by atoms with Crippen LogP contribution in [0.25, 0.3) is 27.5 Å². The van der Waals surface area contributed by atoms with Gasteiger partial charge in [-0.15, -0.1) is 0 Å². The van der Waals surface area contributed by atoms with Crippen LogP contribution in [-0.4, -0.2) is 28.5 Å². The molecule has 4 nitrogen and oxygen atoms in total. The summed E-state index contributed by atoms with van der Waals surface area (Å²) in [7, 11) is 1.71. The van der Waals surface area contributed by atoms with Gasteiger partial charge >= 0.3 is 0 Å². The van der Waals surface area contributed by atoms with E-state index in [4.69, 9.17) is 4.74 Å². The lowest BCUT2D eigenvalue weighted by Gasteiger charge is -2.11. The lowest BCUT2D eigenvalue weighted by molar-refractivity contribution is 0.195. The third-order valence-electron chi connectivity index (χ3n) is 4.30. The van der Waals surface area contributed by atoms with Crippen molar-refractivity contribution in [2.75, 3.05) is 13.7 Å². The third-order valence-corrected chi connectivity index (χ3v) is 4.30. The standard InChI is InChI=1S/C19H18FN3O/c1-24-8-2-3-17-9-13-10-18-14(12-21-22-18)11-19(13)23(17)16-6-4-15(20)5-7-16/h4-7,9-12H,2-3,8H2,1H3,(H,21,22). The Balaban J connectivity index is 1.90. The van der Waals surface area contributed by atoms with Gasteiger partial charge in [-0.25, -0.2) is 4.39 Å². The highest BCUT2D eigenvalue weighted by Gasteiger charge is 2.12. The molecule has 0 amide bonds. The molecule has 0 aliphatic heterocycles. The fourth-order valence-electron chi connectivity index (χ4n) is 3.18. The van der Waals surface area contributed by atoms with E-state index < -0.39 is 0 Å². The molecule has 2 aromatic carbocycles. The summed E-state index contributed by atoms with van der Waals surface area (Å²) in [4.78, 5) is 0. The topological polar surface area (TPSA) is 42.8 Å². The summed E-state index contributed by atoms with van der Waals surface area (Å²) in [6.07, 6.45) is 3.65. The van der Waals surface area contributed by atoms with Crippen LogP contribution in [0, 0.1) is 5.82 Å². The van der Waals surface area contributed by atoms with Crippen LogP contribution in [0.15, 0.2) is 48.7 Å². The molecule has 2 aromatic heterocycles. The second-order valence-electron chi connectivity index (χ2n) is 5.91. The van der Waals surface area contributed by atoms with Crippen molar-refractivity contribution in [3.63, 3.8) is 0 Å². The van der Waals surface area contributed by atoms with Crippen LogP contribution in [0.2, 0.25) is 0 Å². The third kappa shape index (κ3) is 2.57. The molecule has 0 aliphatic rings. The van der Waals surface area contributed by atoms with Crippen molar-refractivity contribution in [2.45, 2.75) is 12.8 Å². The van der Waals surface area contributed by atoms with Crippen LogP contribution in [0.5, 0.6) is 0 Å². The van der Waals surface area contributed by atoms with E-state index in [9.17, 15) is 4.39 Å². The molecule has 0 unspecified atom stereocenters. The Hall–Kier alpha value is -2.66. The van der Waals surface area contributed by atoms with Gasteiger partial charge in [-0.05, 0) is 55.3 Å². The van der Waals surface area contributed by atoms with E-state index >= 15 is 0 Å². The molecule has 0 radical (unpaired) electrons. The summed E-state index contributed by atoms with van der Waals surface area (Å²) >= 11 is 0. The molecule has 0 fully saturated rings. The Bertz CT molecular complexity index is 985. The monoisotopic (exact) mass is 323 g/mol. The molecular formula is C19H18FN3O. The summed E-state index contributed by atoms with van der Waals surface area (Å²) < 4.78 is 20.7. The van der Waals surface area contributed by atoms with E-state index in [0.717, 1.165) is 46.9 Å². The van der Waals surface area contributed by atoms with Crippen molar-refractivity contribution in [3.8, 4) is 5.69 Å². The Morgan fingerprint density at radius 2 is 1.96 bits per heavy atom. The van der Waals surface area contributed by atoms with Gasteiger partial charge < -0.3 is 9.30 Å². The van der Waals surface area contributed by atoms with E-state index in [-0.39, 0.29) is 5.82 Å². The average Bonchev–Trinajstić information content (AvgIpc) is 3.17. The first-order valence-electron chi connectivity index (χ1n) is 7.98. The molecule has 2 heterocycles. The molecule has 5 heteroatoms. The number of hydrogen-bond acceptors (Lipinski definition) is 2. The second-order valence-corrected chi connectivity index (χ2v) is 5.91. The summed E-state index contributed by atoms with van der Waals surface area (Å²) in [5, 5.41) is 9.32. The number of nitrogens with one attached hydrogen (secondary N) is 1. The molecular weight excluding hydrogens is 305 g/mol. The molecule has 0 saturated carbocycles. The molecule has 24 heavy (non-hydrogen) atoms. The minimum Gasteiger partial charge on any atom is -0.385 e. The molecule has 0 spiro atoms. The van der Waals surface area contributed by atoms with Gasteiger partial charge in [-0.3, -0.25) is 5.10 Å². The van der Waals surface area contributed by atoms with Gasteiger partial charge in [-0.1, -0.05) is 0 Å². The lowest BCUT2D eigenvalue weighted by atomic mass is 10.2. The first-order chi connectivity index (χ1) is 11.8. The lowest BCUT2D eigenvalue weighted by Crippen LogP contribution is -2.02. The van der Waals surface area contributed by atoms with Crippen molar-refractivity contribution in [3.05, 3.63) is 60.2 Å². The number of ether oxygens (including phenoxy) is 1. The zero-order valence-electron chi connectivity index (χ0n) is 13.4. The second kappa shape index (κ2) is 6.09. The summed E-state index contributed by atoms with van der Waals surface area (Å²) in [5.41, 5.74) is 4.26. The van der Waals surface area contributed by atoms with Gasteiger partial charge in [0, 0.05) is 35.9 Å². The van der Waals surface area contributed by atoms with Gasteiger partial charge in [0.2, 0.25) is 0 Å². The maximum Gasteiger partial charge on any atom is 0.123 e. The molecule has 0 saturated heterocycles. The van der Waals surface area contributed by atoms with E-state index in [2.05, 4.69) is 33.0 Å². The number of aryl methyl sites for hydroxylation is 1. The quantitative estimate of drug-likeness (QED) is 0.559. The number of rotatable bonds is 5. The van der Waals surface area contributed by atoms with E-state index in [1.54, 1.807) is 7.11 Å². The van der Waals surface area contributed by atoms with E-state index in [1.165, 1.54) is 17.8 Å². The van der Waals surface area contributed by atoms with Crippen molar-refractivity contribution in [1.29, 1.82) is 0 Å². The molecule has 1 N–H and O–H groups in total. The largest absolute Gasteiger partial charge is 0.385 e. The molecule has 0 atom stereocenters. The highest BCUT2D eigenvalue weighted by atomic mass is 19.1. The van der Waals surface area contributed by atoms with Crippen molar-refractivity contribution >= 4 is 21.8 Å². The van der Waals surface area contributed by atoms with Gasteiger partial charge in [0.25, 0.3) is 0 Å². The molecule has 0 bridgehead atoms. The Morgan fingerprint density at radius 1 is 1.12 bits per heavy atom. The summed E-state index contributed by atoms with van der Waals surface area (Å²) in [6, 6.07) is 13.0. The van der Waals surface area contributed by atoms with E-state index in [0.29, 0.717) is 0 Å². The smallest absolute Gasteiger partial charge is 0.123 e. The molecule has 122 valence electrons. The number of aromatic nitrogens is 3. The van der Waals surface area contributed by atoms with Crippen LogP contribution in [0.3, 0.4) is 0 Å². The summed E-state index contributed by atoms with van der Waals surface area (Å²) in [6.45, 7) is 0.718.